The van der Waals surface area contributed by atoms with Gasteiger partial charge in [0.25, 0.3) is 0 Å². The Balaban J connectivity index is 0.000000191. The summed E-state index contributed by atoms with van der Waals surface area (Å²) in [6.45, 7) is 0.617. The number of primary amides is 1. The molecule has 0 unspecified atom stereocenters. The molecular weight excluding hydrogens is 246 g/mol. The second-order valence-electron chi connectivity index (χ2n) is 3.86. The molecule has 0 fully saturated rings. The number of nitrogens with zero attached hydrogens (tertiary/aromatic N) is 2. The fraction of sp³-hybridized carbons (Fsp3) is 0.154. The predicted octanol–water partition coefficient (Wildman–Crippen LogP) is 0.637. The van der Waals surface area contributed by atoms with Gasteiger partial charge < -0.3 is 15.7 Å². The molecule has 1 aliphatic heterocycles. The van der Waals surface area contributed by atoms with E-state index in [1.165, 1.54) is 18.5 Å². The Labute approximate surface area is 110 Å². The molecule has 0 saturated heterocycles. The third-order valence-corrected chi connectivity index (χ3v) is 2.28. The molecule has 2 rings (SSSR count). The van der Waals surface area contributed by atoms with Crippen LogP contribution in [0.1, 0.15) is 10.4 Å². The average Bonchev–Trinajstić information content (AvgIpc) is 2.40. The lowest BCUT2D eigenvalue weighted by Gasteiger charge is -2.17. The quantitative estimate of drug-likeness (QED) is 0.814. The molecule has 1 aromatic heterocycles. The van der Waals surface area contributed by atoms with Gasteiger partial charge in [-0.25, -0.2) is 4.79 Å². The normalized spacial score (nSPS) is 13.1. The summed E-state index contributed by atoms with van der Waals surface area (Å²) >= 11 is 0. The Bertz CT molecular complexity index is 509. The molecule has 6 nitrogen and oxygen atoms in total. The first-order valence-electron chi connectivity index (χ1n) is 5.51. The number of carboxylic acid groups (broad SMARTS) is 1. The molecule has 1 aromatic rings. The first kappa shape index (κ1) is 14.4. The molecule has 6 heteroatoms. The lowest BCUT2D eigenvalue weighted by atomic mass is 10.2. The van der Waals surface area contributed by atoms with Gasteiger partial charge in [-0.1, -0.05) is 6.08 Å². The third kappa shape index (κ3) is 5.03. The van der Waals surface area contributed by atoms with Gasteiger partial charge in [-0.05, 0) is 24.4 Å². The van der Waals surface area contributed by atoms with Gasteiger partial charge in [0.05, 0.1) is 5.56 Å². The second-order valence-corrected chi connectivity index (χ2v) is 3.86. The van der Waals surface area contributed by atoms with Crippen molar-refractivity contribution in [1.29, 1.82) is 0 Å². The number of carbonyl (C=O) groups excluding carboxylic acids is 1. The van der Waals surface area contributed by atoms with Crippen LogP contribution in [0.2, 0.25) is 0 Å². The Hall–Kier alpha value is -2.63. The molecule has 0 saturated carbocycles. The van der Waals surface area contributed by atoms with Gasteiger partial charge in [0.15, 0.2) is 0 Å². The minimum Gasteiger partial charge on any atom is -0.478 e. The monoisotopic (exact) mass is 261 g/mol. The van der Waals surface area contributed by atoms with Crippen molar-refractivity contribution in [3.63, 3.8) is 0 Å². The van der Waals surface area contributed by atoms with E-state index >= 15 is 0 Å². The fourth-order valence-corrected chi connectivity index (χ4v) is 1.33. The highest BCUT2D eigenvalue weighted by Crippen LogP contribution is 2.03. The molecule has 0 atom stereocenters. The van der Waals surface area contributed by atoms with Crippen LogP contribution in [0, 0.1) is 0 Å². The van der Waals surface area contributed by atoms with Gasteiger partial charge in [-0.15, -0.1) is 0 Å². The Morgan fingerprint density at radius 2 is 2.21 bits per heavy atom. The van der Waals surface area contributed by atoms with Gasteiger partial charge in [0.1, 0.15) is 0 Å². The van der Waals surface area contributed by atoms with Crippen molar-refractivity contribution in [2.24, 2.45) is 5.73 Å². The lowest BCUT2D eigenvalue weighted by molar-refractivity contribution is -0.114. The van der Waals surface area contributed by atoms with Gasteiger partial charge in [-0.2, -0.15) is 0 Å². The Morgan fingerprint density at radius 1 is 1.47 bits per heavy atom. The molecule has 0 aromatic carbocycles. The first-order valence-corrected chi connectivity index (χ1v) is 5.51. The number of nitrogens with two attached hydrogens (primary N) is 1. The highest BCUT2D eigenvalue weighted by molar-refractivity contribution is 5.92. The summed E-state index contributed by atoms with van der Waals surface area (Å²) in [5.41, 5.74) is 5.94. The van der Waals surface area contributed by atoms with Crippen molar-refractivity contribution in [3.8, 4) is 0 Å². The summed E-state index contributed by atoms with van der Waals surface area (Å²) < 4.78 is 0. The zero-order valence-electron chi connectivity index (χ0n) is 10.5. The van der Waals surface area contributed by atoms with Crippen LogP contribution in [-0.2, 0) is 4.79 Å². The molecule has 1 aliphatic rings. The molecule has 100 valence electrons. The molecule has 1 amide bonds. The largest absolute Gasteiger partial charge is 0.478 e. The number of carboxylic acids is 1. The van der Waals surface area contributed by atoms with Crippen molar-refractivity contribution < 1.29 is 14.7 Å². The zero-order valence-corrected chi connectivity index (χ0v) is 10.5. The van der Waals surface area contributed by atoms with Crippen LogP contribution in [0.4, 0.5) is 0 Å². The van der Waals surface area contributed by atoms with E-state index in [1.54, 1.807) is 12.1 Å². The van der Waals surface area contributed by atoms with Crippen LogP contribution in [0.5, 0.6) is 0 Å². The van der Waals surface area contributed by atoms with E-state index in [4.69, 9.17) is 10.8 Å². The van der Waals surface area contributed by atoms with E-state index < -0.39 is 5.97 Å². The predicted molar refractivity (Wildman–Crippen MR) is 70.2 cm³/mol. The summed E-state index contributed by atoms with van der Waals surface area (Å²) in [6, 6.07) is 3.08. The van der Waals surface area contributed by atoms with E-state index in [9.17, 15) is 9.59 Å². The maximum Gasteiger partial charge on any atom is 0.337 e. The van der Waals surface area contributed by atoms with Gasteiger partial charge in [-0.3, -0.25) is 9.78 Å². The number of pyridine rings is 1. The molecule has 0 radical (unpaired) electrons. The number of hydrogen-bond donors (Lipinski definition) is 2. The van der Waals surface area contributed by atoms with Gasteiger partial charge in [0, 0.05) is 31.6 Å². The summed E-state index contributed by atoms with van der Waals surface area (Å²) in [5.74, 6) is -1.28. The van der Waals surface area contributed by atoms with Crippen LogP contribution >= 0.6 is 0 Å². The molecule has 0 bridgehead atoms. The SMILES string of the molecule is CN1C=CC=C(C(N)=O)C1.O=C(O)c1cccnc1. The number of amides is 1. The number of aromatic carboxylic acids is 1. The summed E-state index contributed by atoms with van der Waals surface area (Å²) in [4.78, 5) is 26.3. The second kappa shape index (κ2) is 6.95. The maximum absolute atomic E-state index is 10.6. The minimum absolute atomic E-state index is 0.220. The minimum atomic E-state index is -0.942. The summed E-state index contributed by atoms with van der Waals surface area (Å²) in [7, 11) is 1.90. The number of allylic oxidation sites excluding steroid dienone is 2. The van der Waals surface area contributed by atoms with E-state index in [1.807, 2.05) is 24.2 Å². The number of likely N-dealkylation sites (N-methyl/N-ethyl adjacent to an activating group) is 1. The molecule has 19 heavy (non-hydrogen) atoms. The van der Waals surface area contributed by atoms with Crippen molar-refractivity contribution >= 4 is 11.9 Å². The van der Waals surface area contributed by atoms with Crippen molar-refractivity contribution in [1.82, 2.24) is 9.88 Å². The van der Waals surface area contributed by atoms with Crippen LogP contribution < -0.4 is 5.73 Å². The highest BCUT2D eigenvalue weighted by Gasteiger charge is 2.07. The van der Waals surface area contributed by atoms with E-state index in [-0.39, 0.29) is 11.5 Å². The van der Waals surface area contributed by atoms with Crippen molar-refractivity contribution in [3.05, 3.63) is 54.0 Å². The van der Waals surface area contributed by atoms with Crippen molar-refractivity contribution in [2.75, 3.05) is 13.6 Å². The van der Waals surface area contributed by atoms with Crippen molar-refractivity contribution in [2.45, 2.75) is 0 Å². The topological polar surface area (TPSA) is 96.5 Å². The standard InChI is InChI=1S/C7H10N2O.C6H5NO2/c1-9-4-2-3-6(5-9)7(8)10;8-6(9)5-2-1-3-7-4-5/h2-4H,5H2,1H3,(H2,8,10);1-4H,(H,8,9). The molecule has 0 spiro atoms. The molecule has 0 aliphatic carbocycles. The third-order valence-electron chi connectivity index (χ3n) is 2.28. The van der Waals surface area contributed by atoms with E-state index in [0.717, 1.165) is 0 Å². The molecule has 2 heterocycles. The smallest absolute Gasteiger partial charge is 0.337 e. The van der Waals surface area contributed by atoms with Gasteiger partial charge >= 0.3 is 5.97 Å². The molecular formula is C13H15N3O3. The number of aromatic nitrogens is 1. The van der Waals surface area contributed by atoms with Crippen LogP contribution in [0.3, 0.4) is 0 Å². The molecule has 3 N–H and O–H groups in total. The number of hydrogen-bond acceptors (Lipinski definition) is 4. The van der Waals surface area contributed by atoms with Gasteiger partial charge in [0.2, 0.25) is 5.91 Å². The van der Waals surface area contributed by atoms with E-state index in [0.29, 0.717) is 12.1 Å². The zero-order chi connectivity index (χ0) is 14.3. The Morgan fingerprint density at radius 3 is 2.58 bits per heavy atom. The van der Waals surface area contributed by atoms with Crippen LogP contribution in [0.15, 0.2) is 48.5 Å². The van der Waals surface area contributed by atoms with Crippen LogP contribution in [0.25, 0.3) is 0 Å². The lowest BCUT2D eigenvalue weighted by Crippen LogP contribution is -2.25. The fourth-order valence-electron chi connectivity index (χ4n) is 1.33. The average molecular weight is 261 g/mol. The number of rotatable bonds is 2. The highest BCUT2D eigenvalue weighted by atomic mass is 16.4. The Kier molecular flexibility index (Phi) is 5.28. The van der Waals surface area contributed by atoms with Crippen LogP contribution in [-0.4, -0.2) is 40.5 Å². The summed E-state index contributed by atoms with van der Waals surface area (Å²) in [5, 5.41) is 8.34. The van der Waals surface area contributed by atoms with E-state index in [2.05, 4.69) is 4.98 Å². The first-order chi connectivity index (χ1) is 9.00. The number of carbonyl (C=O) groups is 2. The maximum atomic E-state index is 10.6. The summed E-state index contributed by atoms with van der Waals surface area (Å²) in [6.07, 6.45) is 8.28.